The van der Waals surface area contributed by atoms with E-state index in [0.29, 0.717) is 11.9 Å². The van der Waals surface area contributed by atoms with E-state index in [1.165, 1.54) is 11.3 Å². The molecule has 0 radical (unpaired) electrons. The fourth-order valence-electron chi connectivity index (χ4n) is 1.76. The maximum absolute atomic E-state index is 5.62. The number of nitrogens with two attached hydrogens (primary N) is 1. The van der Waals surface area contributed by atoms with Gasteiger partial charge in [0.2, 0.25) is 0 Å². The van der Waals surface area contributed by atoms with Crippen LogP contribution in [0.4, 0.5) is 0 Å². The highest BCUT2D eigenvalue weighted by molar-refractivity contribution is 5.99. The molecule has 92 valence electrons. The number of nitrogens with zero attached hydrogens (tertiary/aromatic N) is 2. The van der Waals surface area contributed by atoms with Crippen LogP contribution in [0.15, 0.2) is 22.2 Å². The molecule has 1 atom stereocenters. The molecule has 0 amide bonds. The minimum atomic E-state index is -0.118. The van der Waals surface area contributed by atoms with Gasteiger partial charge >= 0.3 is 0 Å². The van der Waals surface area contributed by atoms with Gasteiger partial charge in [0.15, 0.2) is 11.9 Å². The van der Waals surface area contributed by atoms with Crippen LogP contribution in [0.25, 0.3) is 0 Å². The molecule has 2 rings (SSSR count). The minimum absolute atomic E-state index is 0.118. The molecule has 0 aliphatic carbocycles. The maximum atomic E-state index is 5.62. The number of aliphatic imine (C=N–C) groups is 2. The number of hydrogen-bond donors (Lipinski definition) is 4. The van der Waals surface area contributed by atoms with Crippen LogP contribution in [0.2, 0.25) is 0 Å². The van der Waals surface area contributed by atoms with Crippen LogP contribution >= 0.6 is 0 Å². The van der Waals surface area contributed by atoms with Gasteiger partial charge in [0, 0.05) is 18.4 Å². The number of aryl methyl sites for hydroxylation is 1. The normalized spacial score (nSPS) is 19.3. The summed E-state index contributed by atoms with van der Waals surface area (Å²) in [6.45, 7) is 4.77. The predicted molar refractivity (Wildman–Crippen MR) is 68.9 cm³/mol. The Morgan fingerprint density at radius 2 is 2.29 bits per heavy atom. The standard InChI is InChI=1S/C11H18N6/c1-7-9(3-5-13-7)4-6-14-11-16-8(2)15-10(12)17-11/h3,5,8,13H,4,6H2,1-2H3,(H4,12,14,15,16,17). The van der Waals surface area contributed by atoms with E-state index in [0.717, 1.165) is 13.0 Å². The summed E-state index contributed by atoms with van der Waals surface area (Å²) in [6.07, 6.45) is 2.78. The third kappa shape index (κ3) is 2.99. The lowest BCUT2D eigenvalue weighted by molar-refractivity contribution is 0.736. The minimum Gasteiger partial charge on any atom is -0.370 e. The molecule has 0 saturated heterocycles. The van der Waals surface area contributed by atoms with Crippen molar-refractivity contribution in [1.29, 1.82) is 0 Å². The highest BCUT2D eigenvalue weighted by Crippen LogP contribution is 2.04. The molecular weight excluding hydrogens is 216 g/mol. The quantitative estimate of drug-likeness (QED) is 0.597. The number of guanidine groups is 2. The van der Waals surface area contributed by atoms with Gasteiger partial charge in [0.1, 0.15) is 6.17 Å². The first-order valence-corrected chi connectivity index (χ1v) is 5.70. The Kier molecular flexibility index (Phi) is 3.32. The summed E-state index contributed by atoms with van der Waals surface area (Å²) in [5, 5.41) is 6.11. The largest absolute Gasteiger partial charge is 0.370 e. The van der Waals surface area contributed by atoms with Crippen LogP contribution in [0.3, 0.4) is 0 Å². The van der Waals surface area contributed by atoms with Crippen molar-refractivity contribution in [2.75, 3.05) is 6.54 Å². The Hall–Kier alpha value is -1.98. The van der Waals surface area contributed by atoms with Gasteiger partial charge in [-0.15, -0.1) is 0 Å². The zero-order valence-corrected chi connectivity index (χ0v) is 10.1. The molecule has 1 aromatic rings. The van der Waals surface area contributed by atoms with Gasteiger partial charge in [-0.1, -0.05) is 0 Å². The number of H-pyrrole nitrogens is 1. The van der Waals surface area contributed by atoms with Gasteiger partial charge in [-0.3, -0.25) is 5.32 Å². The summed E-state index contributed by atoms with van der Waals surface area (Å²) in [7, 11) is 0. The number of aromatic amines is 1. The van der Waals surface area contributed by atoms with Crippen molar-refractivity contribution >= 4 is 11.9 Å². The van der Waals surface area contributed by atoms with E-state index < -0.39 is 0 Å². The molecule has 0 bridgehead atoms. The van der Waals surface area contributed by atoms with Crippen molar-refractivity contribution in [2.45, 2.75) is 26.4 Å². The van der Waals surface area contributed by atoms with Crippen LogP contribution in [-0.2, 0) is 6.42 Å². The first-order valence-electron chi connectivity index (χ1n) is 5.70. The van der Waals surface area contributed by atoms with Gasteiger partial charge < -0.3 is 16.0 Å². The van der Waals surface area contributed by atoms with Crippen LogP contribution in [-0.4, -0.2) is 29.6 Å². The molecule has 5 N–H and O–H groups in total. The molecule has 1 aliphatic rings. The average Bonchev–Trinajstić information content (AvgIpc) is 2.63. The molecule has 6 nitrogen and oxygen atoms in total. The molecule has 0 spiro atoms. The van der Waals surface area contributed by atoms with Crippen LogP contribution in [0.1, 0.15) is 18.2 Å². The summed E-state index contributed by atoms with van der Waals surface area (Å²) in [4.78, 5) is 11.5. The van der Waals surface area contributed by atoms with Crippen LogP contribution < -0.4 is 16.4 Å². The third-order valence-electron chi connectivity index (χ3n) is 2.64. The van der Waals surface area contributed by atoms with Crippen molar-refractivity contribution in [2.24, 2.45) is 15.7 Å². The molecule has 1 aliphatic heterocycles. The van der Waals surface area contributed by atoms with Crippen molar-refractivity contribution < 1.29 is 0 Å². The van der Waals surface area contributed by atoms with Gasteiger partial charge in [-0.25, -0.2) is 9.98 Å². The summed E-state index contributed by atoms with van der Waals surface area (Å²) >= 11 is 0. The summed E-state index contributed by atoms with van der Waals surface area (Å²) in [5.41, 5.74) is 8.14. The monoisotopic (exact) mass is 234 g/mol. The van der Waals surface area contributed by atoms with Crippen molar-refractivity contribution in [3.05, 3.63) is 23.5 Å². The summed E-state index contributed by atoms with van der Waals surface area (Å²) in [5.74, 6) is 1.10. The topological polar surface area (TPSA) is 90.6 Å². The maximum Gasteiger partial charge on any atom is 0.200 e. The summed E-state index contributed by atoms with van der Waals surface area (Å²) in [6, 6.07) is 2.09. The van der Waals surface area contributed by atoms with Crippen molar-refractivity contribution in [3.63, 3.8) is 0 Å². The van der Waals surface area contributed by atoms with E-state index in [-0.39, 0.29) is 6.17 Å². The number of aromatic nitrogens is 1. The third-order valence-corrected chi connectivity index (χ3v) is 2.64. The Morgan fingerprint density at radius 3 is 2.94 bits per heavy atom. The van der Waals surface area contributed by atoms with Gasteiger partial charge in [-0.05, 0) is 31.9 Å². The first kappa shape index (κ1) is 11.5. The summed E-state index contributed by atoms with van der Waals surface area (Å²) < 4.78 is 0. The molecular formula is C11H18N6. The van der Waals surface area contributed by atoms with Crippen LogP contribution in [0.5, 0.6) is 0 Å². The first-order chi connectivity index (χ1) is 8.15. The highest BCUT2D eigenvalue weighted by Gasteiger charge is 2.09. The molecule has 0 saturated carbocycles. The number of rotatable bonds is 3. The average molecular weight is 234 g/mol. The SMILES string of the molecule is Cc1[nH]ccc1CCNC1=NC(C)N=C(N)N1. The zero-order valence-electron chi connectivity index (χ0n) is 10.1. The molecule has 17 heavy (non-hydrogen) atoms. The van der Waals surface area contributed by atoms with Gasteiger partial charge in [0.05, 0.1) is 0 Å². The predicted octanol–water partition coefficient (Wildman–Crippen LogP) is 0.0751. The van der Waals surface area contributed by atoms with E-state index in [2.05, 4.69) is 38.6 Å². The van der Waals surface area contributed by atoms with E-state index >= 15 is 0 Å². The molecule has 0 aromatic carbocycles. The van der Waals surface area contributed by atoms with E-state index in [1.54, 1.807) is 0 Å². The van der Waals surface area contributed by atoms with E-state index in [9.17, 15) is 0 Å². The lowest BCUT2D eigenvalue weighted by Crippen LogP contribution is -2.48. The highest BCUT2D eigenvalue weighted by atomic mass is 15.3. The fourth-order valence-corrected chi connectivity index (χ4v) is 1.76. The molecule has 0 fully saturated rings. The Balaban J connectivity index is 1.82. The fraction of sp³-hybridized carbons (Fsp3) is 0.455. The van der Waals surface area contributed by atoms with Crippen LogP contribution in [0, 0.1) is 6.92 Å². The smallest absolute Gasteiger partial charge is 0.200 e. The van der Waals surface area contributed by atoms with Crippen molar-refractivity contribution in [1.82, 2.24) is 15.6 Å². The molecule has 1 unspecified atom stereocenters. The number of hydrogen-bond acceptors (Lipinski definition) is 5. The van der Waals surface area contributed by atoms with Gasteiger partial charge in [0.25, 0.3) is 0 Å². The van der Waals surface area contributed by atoms with E-state index in [4.69, 9.17) is 5.73 Å². The Labute approximate surface area is 100 Å². The van der Waals surface area contributed by atoms with Gasteiger partial charge in [-0.2, -0.15) is 0 Å². The lowest BCUT2D eigenvalue weighted by atomic mass is 10.2. The Bertz CT molecular complexity index is 445. The zero-order chi connectivity index (χ0) is 12.3. The second kappa shape index (κ2) is 4.90. The van der Waals surface area contributed by atoms with E-state index in [1.807, 2.05) is 13.1 Å². The Morgan fingerprint density at radius 1 is 1.47 bits per heavy atom. The number of nitrogens with one attached hydrogen (secondary N) is 3. The molecule has 1 aromatic heterocycles. The second-order valence-corrected chi connectivity index (χ2v) is 4.05. The molecule has 6 heteroatoms. The molecule has 2 heterocycles. The van der Waals surface area contributed by atoms with Crippen molar-refractivity contribution in [3.8, 4) is 0 Å². The second-order valence-electron chi connectivity index (χ2n) is 4.05. The lowest BCUT2D eigenvalue weighted by Gasteiger charge is -2.17.